The van der Waals surface area contributed by atoms with Crippen molar-refractivity contribution in [3.05, 3.63) is 52.7 Å². The quantitative estimate of drug-likeness (QED) is 0.835. The summed E-state index contributed by atoms with van der Waals surface area (Å²) < 4.78 is 5.85. The average Bonchev–Trinajstić information content (AvgIpc) is 2.47. The molecule has 1 N–H and O–H groups in total. The minimum absolute atomic E-state index is 0.347. The van der Waals surface area contributed by atoms with E-state index >= 15 is 0 Å². The molecular formula is C17H21ClN2O. The lowest BCUT2D eigenvalue weighted by atomic mass is 10.1. The maximum atomic E-state index is 6.13. The Kier molecular flexibility index (Phi) is 5.59. The van der Waals surface area contributed by atoms with E-state index in [-0.39, 0.29) is 0 Å². The van der Waals surface area contributed by atoms with Crippen molar-refractivity contribution >= 4 is 11.6 Å². The molecule has 1 heterocycles. The summed E-state index contributed by atoms with van der Waals surface area (Å²) in [6.07, 6.45) is 0. The lowest BCUT2D eigenvalue weighted by molar-refractivity contribution is 0.458. The zero-order valence-electron chi connectivity index (χ0n) is 12.7. The molecule has 4 heteroatoms. The van der Waals surface area contributed by atoms with Crippen LogP contribution in [0.15, 0.2) is 36.4 Å². The molecule has 0 aliphatic heterocycles. The molecule has 0 saturated carbocycles. The molecule has 0 atom stereocenters. The van der Waals surface area contributed by atoms with E-state index < -0.39 is 0 Å². The molecular weight excluding hydrogens is 284 g/mol. The fourth-order valence-corrected chi connectivity index (χ4v) is 2.12. The summed E-state index contributed by atoms with van der Waals surface area (Å²) >= 11 is 6.13. The number of halogens is 1. The summed E-state index contributed by atoms with van der Waals surface area (Å²) in [5.41, 5.74) is 2.19. The van der Waals surface area contributed by atoms with E-state index in [4.69, 9.17) is 16.3 Å². The number of ether oxygens (including phenoxy) is 1. The van der Waals surface area contributed by atoms with Gasteiger partial charge in [-0.3, -0.25) is 0 Å². The van der Waals surface area contributed by atoms with Crippen LogP contribution in [0.1, 0.15) is 37.9 Å². The number of nitrogens with one attached hydrogen (secondary N) is 1. The molecule has 0 bridgehead atoms. The van der Waals surface area contributed by atoms with Gasteiger partial charge in [0.25, 0.3) is 0 Å². The van der Waals surface area contributed by atoms with Crippen molar-refractivity contribution in [1.29, 1.82) is 0 Å². The van der Waals surface area contributed by atoms with Crippen LogP contribution in [0.5, 0.6) is 11.6 Å². The summed E-state index contributed by atoms with van der Waals surface area (Å²) in [7, 11) is 0. The van der Waals surface area contributed by atoms with Gasteiger partial charge >= 0.3 is 0 Å². The Morgan fingerprint density at radius 2 is 2.00 bits per heavy atom. The van der Waals surface area contributed by atoms with Gasteiger partial charge in [-0.25, -0.2) is 4.98 Å². The van der Waals surface area contributed by atoms with Gasteiger partial charge in [-0.2, -0.15) is 0 Å². The molecule has 2 aromatic rings. The highest BCUT2D eigenvalue weighted by Gasteiger charge is 2.09. The van der Waals surface area contributed by atoms with Gasteiger partial charge in [0.2, 0.25) is 5.88 Å². The third kappa shape index (κ3) is 4.45. The van der Waals surface area contributed by atoms with Crippen molar-refractivity contribution < 1.29 is 4.74 Å². The number of hydrogen-bond acceptors (Lipinski definition) is 3. The third-order valence-electron chi connectivity index (χ3n) is 3.10. The Morgan fingerprint density at radius 3 is 2.67 bits per heavy atom. The van der Waals surface area contributed by atoms with Gasteiger partial charge < -0.3 is 10.1 Å². The van der Waals surface area contributed by atoms with Crippen LogP contribution in [-0.4, -0.2) is 11.5 Å². The van der Waals surface area contributed by atoms with Crippen LogP contribution in [0.25, 0.3) is 0 Å². The van der Waals surface area contributed by atoms with Crippen molar-refractivity contribution in [3.63, 3.8) is 0 Å². The lowest BCUT2D eigenvalue weighted by Crippen LogP contribution is -2.12. The molecule has 21 heavy (non-hydrogen) atoms. The monoisotopic (exact) mass is 304 g/mol. The topological polar surface area (TPSA) is 34.1 Å². The van der Waals surface area contributed by atoms with E-state index in [9.17, 15) is 0 Å². The maximum Gasteiger partial charge on any atom is 0.219 e. The van der Waals surface area contributed by atoms with Crippen LogP contribution in [0, 0.1) is 0 Å². The first-order chi connectivity index (χ1) is 10.1. The molecule has 3 nitrogen and oxygen atoms in total. The number of rotatable bonds is 6. The molecule has 112 valence electrons. The van der Waals surface area contributed by atoms with E-state index in [1.807, 2.05) is 30.3 Å². The van der Waals surface area contributed by atoms with Gasteiger partial charge in [0.15, 0.2) is 0 Å². The van der Waals surface area contributed by atoms with Crippen LogP contribution in [0.3, 0.4) is 0 Å². The molecule has 0 unspecified atom stereocenters. The first-order valence-corrected chi connectivity index (χ1v) is 7.62. The van der Waals surface area contributed by atoms with E-state index in [2.05, 4.69) is 37.1 Å². The second-order valence-corrected chi connectivity index (χ2v) is 5.61. The van der Waals surface area contributed by atoms with Gasteiger partial charge in [-0.1, -0.05) is 44.5 Å². The van der Waals surface area contributed by atoms with Crippen molar-refractivity contribution in [2.24, 2.45) is 0 Å². The van der Waals surface area contributed by atoms with E-state index in [0.717, 1.165) is 24.3 Å². The first-order valence-electron chi connectivity index (χ1n) is 7.24. The van der Waals surface area contributed by atoms with Crippen LogP contribution < -0.4 is 10.1 Å². The molecule has 1 aromatic carbocycles. The Balaban J connectivity index is 2.29. The van der Waals surface area contributed by atoms with Crippen LogP contribution in [0.2, 0.25) is 5.02 Å². The smallest absolute Gasteiger partial charge is 0.219 e. The summed E-state index contributed by atoms with van der Waals surface area (Å²) in [6.45, 7) is 8.07. The molecule has 2 rings (SSSR count). The van der Waals surface area contributed by atoms with Gasteiger partial charge in [0.05, 0.1) is 5.02 Å². The maximum absolute atomic E-state index is 6.13. The van der Waals surface area contributed by atoms with E-state index in [1.54, 1.807) is 0 Å². The summed E-state index contributed by atoms with van der Waals surface area (Å²) in [5.74, 6) is 1.56. The van der Waals surface area contributed by atoms with E-state index in [1.165, 1.54) is 0 Å². The zero-order chi connectivity index (χ0) is 15.2. The minimum atomic E-state index is 0.347. The molecule has 0 amide bonds. The summed E-state index contributed by atoms with van der Waals surface area (Å²) in [4.78, 5) is 4.57. The lowest BCUT2D eigenvalue weighted by Gasteiger charge is -2.13. The Labute approximate surface area is 131 Å². The predicted molar refractivity (Wildman–Crippen MR) is 87.2 cm³/mol. The van der Waals surface area contributed by atoms with Gasteiger partial charge in [-0.15, -0.1) is 0 Å². The van der Waals surface area contributed by atoms with Crippen LogP contribution in [0.4, 0.5) is 0 Å². The average molecular weight is 305 g/mol. The highest BCUT2D eigenvalue weighted by molar-refractivity contribution is 6.32. The Morgan fingerprint density at radius 1 is 1.24 bits per heavy atom. The third-order valence-corrected chi connectivity index (χ3v) is 3.42. The fraction of sp³-hybridized carbons (Fsp3) is 0.353. The summed E-state index contributed by atoms with van der Waals surface area (Å²) in [6, 6.07) is 11.5. The number of benzene rings is 1. The van der Waals surface area contributed by atoms with E-state index in [0.29, 0.717) is 22.6 Å². The zero-order valence-corrected chi connectivity index (χ0v) is 13.4. The molecule has 1 aromatic heterocycles. The number of nitrogens with zero attached hydrogens (tertiary/aromatic N) is 1. The van der Waals surface area contributed by atoms with Crippen molar-refractivity contribution in [2.75, 3.05) is 6.54 Å². The number of pyridine rings is 1. The normalized spacial score (nSPS) is 10.9. The van der Waals surface area contributed by atoms with Crippen molar-refractivity contribution in [2.45, 2.75) is 33.2 Å². The number of aromatic nitrogens is 1. The highest BCUT2D eigenvalue weighted by atomic mass is 35.5. The number of hydrogen-bond donors (Lipinski definition) is 1. The second-order valence-electron chi connectivity index (χ2n) is 5.21. The predicted octanol–water partition coefficient (Wildman–Crippen LogP) is 4.76. The molecule has 0 fully saturated rings. The largest absolute Gasteiger partial charge is 0.437 e. The van der Waals surface area contributed by atoms with Gasteiger partial charge in [0, 0.05) is 18.3 Å². The second kappa shape index (κ2) is 7.43. The minimum Gasteiger partial charge on any atom is -0.437 e. The molecule has 0 radical (unpaired) electrons. The standard InChI is InChI=1S/C17H21ClN2O/c1-4-19-11-13-9-15(12(2)3)20-17(10-13)21-16-8-6-5-7-14(16)18/h5-10,12,19H,4,11H2,1-3H3. The number of para-hydroxylation sites is 1. The van der Waals surface area contributed by atoms with Crippen molar-refractivity contribution in [1.82, 2.24) is 10.3 Å². The fourth-order valence-electron chi connectivity index (χ4n) is 1.94. The SMILES string of the molecule is CCNCc1cc(Oc2ccccc2Cl)nc(C(C)C)c1. The molecule has 0 saturated heterocycles. The Bertz CT molecular complexity index is 599. The molecule has 0 aliphatic carbocycles. The van der Waals surface area contributed by atoms with Crippen LogP contribution >= 0.6 is 11.6 Å². The van der Waals surface area contributed by atoms with Crippen molar-refractivity contribution in [3.8, 4) is 11.6 Å². The van der Waals surface area contributed by atoms with Gasteiger partial charge in [0.1, 0.15) is 5.75 Å². The highest BCUT2D eigenvalue weighted by Crippen LogP contribution is 2.29. The van der Waals surface area contributed by atoms with Crippen LogP contribution in [-0.2, 0) is 6.54 Å². The summed E-state index contributed by atoms with van der Waals surface area (Å²) in [5, 5.41) is 3.91. The molecule has 0 spiro atoms. The Hall–Kier alpha value is -1.58. The first kappa shape index (κ1) is 15.8. The van der Waals surface area contributed by atoms with Gasteiger partial charge in [-0.05, 0) is 36.2 Å². The molecule has 0 aliphatic rings.